The van der Waals surface area contributed by atoms with Gasteiger partial charge in [0.25, 0.3) is 0 Å². The van der Waals surface area contributed by atoms with Crippen molar-refractivity contribution in [2.75, 3.05) is 19.0 Å². The summed E-state index contributed by atoms with van der Waals surface area (Å²) in [6.45, 7) is 2.73. The number of benzene rings is 1. The standard InChI is InChI=1S/C17H18N4O2/c1-3-23-17(22)14-9-19-16-13(15(14)18-2)10-20-21(16)11-12-7-5-4-6-8-12/h4-10H,3,11H2,1-2H3,(H,18,19). The zero-order chi connectivity index (χ0) is 16.2. The first kappa shape index (κ1) is 15.0. The summed E-state index contributed by atoms with van der Waals surface area (Å²) in [6, 6.07) is 10.0. The molecule has 0 bridgehead atoms. The van der Waals surface area contributed by atoms with E-state index >= 15 is 0 Å². The van der Waals surface area contributed by atoms with Gasteiger partial charge in [0, 0.05) is 13.2 Å². The Hall–Kier alpha value is -2.89. The third-order valence-electron chi connectivity index (χ3n) is 3.59. The molecule has 23 heavy (non-hydrogen) atoms. The van der Waals surface area contributed by atoms with E-state index in [9.17, 15) is 4.79 Å². The summed E-state index contributed by atoms with van der Waals surface area (Å²) in [5.74, 6) is -0.387. The van der Waals surface area contributed by atoms with Gasteiger partial charge in [-0.2, -0.15) is 5.10 Å². The number of aromatic nitrogens is 3. The molecule has 0 amide bonds. The van der Waals surface area contributed by atoms with Crippen LogP contribution in [0.15, 0.2) is 42.7 Å². The number of hydrogen-bond acceptors (Lipinski definition) is 5. The molecule has 3 rings (SSSR count). The lowest BCUT2D eigenvalue weighted by molar-refractivity contribution is 0.0527. The van der Waals surface area contributed by atoms with Gasteiger partial charge in [0.05, 0.1) is 30.4 Å². The van der Waals surface area contributed by atoms with Crippen LogP contribution in [0.3, 0.4) is 0 Å². The lowest BCUT2D eigenvalue weighted by Crippen LogP contribution is -2.10. The van der Waals surface area contributed by atoms with Crippen molar-refractivity contribution in [1.82, 2.24) is 14.8 Å². The van der Waals surface area contributed by atoms with E-state index in [-0.39, 0.29) is 5.97 Å². The summed E-state index contributed by atoms with van der Waals surface area (Å²) >= 11 is 0. The second-order valence-electron chi connectivity index (χ2n) is 5.04. The largest absolute Gasteiger partial charge is 0.462 e. The van der Waals surface area contributed by atoms with Gasteiger partial charge in [0.2, 0.25) is 0 Å². The molecule has 6 heteroatoms. The lowest BCUT2D eigenvalue weighted by atomic mass is 10.2. The van der Waals surface area contributed by atoms with Crippen molar-refractivity contribution in [2.24, 2.45) is 0 Å². The zero-order valence-electron chi connectivity index (χ0n) is 13.1. The van der Waals surface area contributed by atoms with Crippen molar-refractivity contribution >= 4 is 22.7 Å². The summed E-state index contributed by atoms with van der Waals surface area (Å²) in [7, 11) is 1.77. The van der Waals surface area contributed by atoms with Gasteiger partial charge in [-0.3, -0.25) is 0 Å². The molecular formula is C17H18N4O2. The minimum absolute atomic E-state index is 0.327. The molecule has 0 saturated carbocycles. The number of nitrogens with one attached hydrogen (secondary N) is 1. The Morgan fingerprint density at radius 2 is 2.04 bits per heavy atom. The molecule has 0 atom stereocenters. The van der Waals surface area contributed by atoms with Gasteiger partial charge >= 0.3 is 5.97 Å². The second-order valence-corrected chi connectivity index (χ2v) is 5.04. The van der Waals surface area contributed by atoms with Gasteiger partial charge in [-0.05, 0) is 12.5 Å². The summed E-state index contributed by atoms with van der Waals surface area (Å²) in [6.07, 6.45) is 3.26. The molecule has 0 aliphatic heterocycles. The van der Waals surface area contributed by atoms with Crippen molar-refractivity contribution in [1.29, 1.82) is 0 Å². The first-order chi connectivity index (χ1) is 11.2. The number of carbonyl (C=O) groups is 1. The molecule has 1 aromatic carbocycles. The van der Waals surface area contributed by atoms with Crippen LogP contribution in [0.25, 0.3) is 11.0 Å². The van der Waals surface area contributed by atoms with Crippen LogP contribution in [0.1, 0.15) is 22.8 Å². The van der Waals surface area contributed by atoms with E-state index in [1.54, 1.807) is 20.2 Å². The van der Waals surface area contributed by atoms with Gasteiger partial charge in [0.1, 0.15) is 5.56 Å². The normalized spacial score (nSPS) is 10.7. The van der Waals surface area contributed by atoms with E-state index in [1.165, 1.54) is 6.20 Å². The smallest absolute Gasteiger partial charge is 0.341 e. The Bertz CT molecular complexity index is 827. The van der Waals surface area contributed by atoms with Crippen molar-refractivity contribution in [3.05, 3.63) is 53.9 Å². The molecular weight excluding hydrogens is 292 g/mol. The maximum atomic E-state index is 12.0. The second kappa shape index (κ2) is 6.48. The zero-order valence-corrected chi connectivity index (χ0v) is 13.1. The number of pyridine rings is 1. The van der Waals surface area contributed by atoms with Gasteiger partial charge in [-0.25, -0.2) is 14.5 Å². The molecule has 6 nitrogen and oxygen atoms in total. The topological polar surface area (TPSA) is 69.0 Å². The fourth-order valence-electron chi connectivity index (χ4n) is 2.53. The van der Waals surface area contributed by atoms with Crippen LogP contribution >= 0.6 is 0 Å². The average Bonchev–Trinajstić information content (AvgIpc) is 2.98. The molecule has 2 aromatic heterocycles. The van der Waals surface area contributed by atoms with Crippen LogP contribution in [-0.2, 0) is 11.3 Å². The molecule has 0 aliphatic rings. The Morgan fingerprint density at radius 1 is 1.26 bits per heavy atom. The number of ether oxygens (including phenoxy) is 1. The van der Waals surface area contributed by atoms with E-state index in [1.807, 2.05) is 35.0 Å². The molecule has 1 N–H and O–H groups in total. The Kier molecular flexibility index (Phi) is 4.23. The summed E-state index contributed by atoms with van der Waals surface area (Å²) in [5.41, 5.74) is 2.97. The van der Waals surface area contributed by atoms with Gasteiger partial charge in [0.15, 0.2) is 5.65 Å². The van der Waals surface area contributed by atoms with Crippen molar-refractivity contribution in [3.8, 4) is 0 Å². The van der Waals surface area contributed by atoms with Crippen LogP contribution < -0.4 is 5.32 Å². The molecule has 2 heterocycles. The number of fused-ring (bicyclic) bond motifs is 1. The number of hydrogen-bond donors (Lipinski definition) is 1. The van der Waals surface area contributed by atoms with Crippen LogP contribution in [0.2, 0.25) is 0 Å². The van der Waals surface area contributed by atoms with E-state index in [2.05, 4.69) is 15.4 Å². The highest BCUT2D eigenvalue weighted by molar-refractivity contribution is 6.04. The highest BCUT2D eigenvalue weighted by Gasteiger charge is 2.18. The quantitative estimate of drug-likeness (QED) is 0.734. The summed E-state index contributed by atoms with van der Waals surface area (Å²) in [5, 5.41) is 8.27. The summed E-state index contributed by atoms with van der Waals surface area (Å²) < 4.78 is 6.90. The lowest BCUT2D eigenvalue weighted by Gasteiger charge is -2.09. The van der Waals surface area contributed by atoms with Crippen LogP contribution in [0.4, 0.5) is 5.69 Å². The maximum Gasteiger partial charge on any atom is 0.341 e. The molecule has 0 saturated heterocycles. The van der Waals surface area contributed by atoms with E-state index in [0.29, 0.717) is 24.4 Å². The molecule has 0 radical (unpaired) electrons. The predicted molar refractivity (Wildman–Crippen MR) is 88.6 cm³/mol. The summed E-state index contributed by atoms with van der Waals surface area (Å²) in [4.78, 5) is 16.4. The van der Waals surface area contributed by atoms with Crippen LogP contribution in [0.5, 0.6) is 0 Å². The monoisotopic (exact) mass is 310 g/mol. The Morgan fingerprint density at radius 3 is 2.74 bits per heavy atom. The predicted octanol–water partition coefficient (Wildman–Crippen LogP) is 2.70. The molecule has 0 spiro atoms. The first-order valence-corrected chi connectivity index (χ1v) is 7.48. The van der Waals surface area contributed by atoms with Crippen molar-refractivity contribution < 1.29 is 9.53 Å². The fourth-order valence-corrected chi connectivity index (χ4v) is 2.53. The Balaban J connectivity index is 2.03. The molecule has 118 valence electrons. The maximum absolute atomic E-state index is 12.0. The minimum Gasteiger partial charge on any atom is -0.462 e. The van der Waals surface area contributed by atoms with E-state index in [0.717, 1.165) is 16.6 Å². The molecule has 0 fully saturated rings. The van der Waals surface area contributed by atoms with Crippen molar-refractivity contribution in [3.63, 3.8) is 0 Å². The third-order valence-corrected chi connectivity index (χ3v) is 3.59. The fraction of sp³-hybridized carbons (Fsp3) is 0.235. The highest BCUT2D eigenvalue weighted by Crippen LogP contribution is 2.26. The van der Waals surface area contributed by atoms with Gasteiger partial charge in [-0.15, -0.1) is 0 Å². The average molecular weight is 310 g/mol. The van der Waals surface area contributed by atoms with Crippen LogP contribution in [0, 0.1) is 0 Å². The third kappa shape index (κ3) is 2.88. The van der Waals surface area contributed by atoms with Crippen molar-refractivity contribution in [2.45, 2.75) is 13.5 Å². The number of esters is 1. The van der Waals surface area contributed by atoms with Crippen LogP contribution in [-0.4, -0.2) is 34.4 Å². The number of anilines is 1. The number of nitrogens with zero attached hydrogens (tertiary/aromatic N) is 3. The molecule has 0 aliphatic carbocycles. The highest BCUT2D eigenvalue weighted by atomic mass is 16.5. The Labute approximate surface area is 134 Å². The van der Waals surface area contributed by atoms with E-state index < -0.39 is 0 Å². The first-order valence-electron chi connectivity index (χ1n) is 7.48. The van der Waals surface area contributed by atoms with E-state index in [4.69, 9.17) is 4.74 Å². The number of carbonyl (C=O) groups excluding carboxylic acids is 1. The molecule has 0 unspecified atom stereocenters. The van der Waals surface area contributed by atoms with Gasteiger partial charge < -0.3 is 10.1 Å². The van der Waals surface area contributed by atoms with Gasteiger partial charge in [-0.1, -0.05) is 30.3 Å². The SMILES string of the molecule is CCOC(=O)c1cnc2c(cnn2Cc2ccccc2)c1NC. The minimum atomic E-state index is -0.387. The number of rotatable bonds is 5. The molecule has 3 aromatic rings.